The van der Waals surface area contributed by atoms with Crippen LogP contribution < -0.4 is 5.73 Å². The molecule has 0 aliphatic carbocycles. The molecule has 0 bridgehead atoms. The maximum atomic E-state index is 11.2. The number of amides is 1. The fourth-order valence-corrected chi connectivity index (χ4v) is 1.85. The lowest BCUT2D eigenvalue weighted by Crippen LogP contribution is -2.69. The number of allylic oxidation sites excluding steroid dienone is 1. The van der Waals surface area contributed by atoms with Crippen LogP contribution in [0.4, 0.5) is 0 Å². The van der Waals surface area contributed by atoms with Crippen molar-refractivity contribution in [1.29, 1.82) is 0 Å². The highest BCUT2D eigenvalue weighted by molar-refractivity contribution is 5.99. The molecule has 1 saturated heterocycles. The molecule has 0 radical (unpaired) electrons. The van der Waals surface area contributed by atoms with Crippen LogP contribution in [0.25, 0.3) is 0 Å². The molecule has 2 heterocycles. The molecule has 3 N–H and O–H groups in total. The minimum absolute atomic E-state index is 0.0861. The molecular formula is C8H10N2O3. The number of hydrogen-bond donors (Lipinski definition) is 2. The number of aliphatic carboxylic acids is 1. The molecule has 2 aliphatic heterocycles. The predicted molar refractivity (Wildman–Crippen MR) is 43.6 cm³/mol. The van der Waals surface area contributed by atoms with Crippen LogP contribution in [0.1, 0.15) is 12.8 Å². The number of rotatable bonds is 1. The van der Waals surface area contributed by atoms with E-state index in [0.29, 0.717) is 6.42 Å². The number of β-lactam (4-membered cyclic amide) rings is 1. The van der Waals surface area contributed by atoms with Crippen molar-refractivity contribution < 1.29 is 14.7 Å². The molecule has 0 aromatic rings. The van der Waals surface area contributed by atoms with Gasteiger partial charge in [-0.2, -0.15) is 0 Å². The van der Waals surface area contributed by atoms with Crippen LogP contribution in [0, 0.1) is 0 Å². The highest BCUT2D eigenvalue weighted by Crippen LogP contribution is 2.31. The van der Waals surface area contributed by atoms with Gasteiger partial charge in [0, 0.05) is 0 Å². The Morgan fingerprint density at radius 3 is 3.00 bits per heavy atom. The van der Waals surface area contributed by atoms with Gasteiger partial charge >= 0.3 is 5.97 Å². The van der Waals surface area contributed by atoms with Gasteiger partial charge in [-0.1, -0.05) is 6.08 Å². The van der Waals surface area contributed by atoms with E-state index in [9.17, 15) is 9.59 Å². The average molecular weight is 182 g/mol. The summed E-state index contributed by atoms with van der Waals surface area (Å²) in [4.78, 5) is 23.2. The van der Waals surface area contributed by atoms with Crippen molar-refractivity contribution in [2.75, 3.05) is 0 Å². The molecule has 2 aliphatic rings. The molecule has 1 fully saturated rings. The molecule has 0 aromatic carbocycles. The third kappa shape index (κ3) is 0.968. The van der Waals surface area contributed by atoms with E-state index in [4.69, 9.17) is 10.8 Å². The van der Waals surface area contributed by atoms with E-state index >= 15 is 0 Å². The molecular weight excluding hydrogens is 172 g/mol. The predicted octanol–water partition coefficient (Wildman–Crippen LogP) is -0.713. The van der Waals surface area contributed by atoms with Crippen molar-refractivity contribution >= 4 is 11.9 Å². The van der Waals surface area contributed by atoms with Crippen LogP contribution in [-0.2, 0) is 9.59 Å². The third-order valence-electron chi connectivity index (χ3n) is 2.55. The Morgan fingerprint density at radius 1 is 1.69 bits per heavy atom. The summed E-state index contributed by atoms with van der Waals surface area (Å²) in [7, 11) is 0. The molecule has 0 aromatic heterocycles. The van der Waals surface area contributed by atoms with E-state index in [2.05, 4.69) is 0 Å². The fraction of sp³-hybridized carbons (Fsp3) is 0.500. The van der Waals surface area contributed by atoms with E-state index in [1.807, 2.05) is 0 Å². The van der Waals surface area contributed by atoms with Gasteiger partial charge in [-0.25, -0.2) is 4.79 Å². The van der Waals surface area contributed by atoms with Gasteiger partial charge in [0.1, 0.15) is 11.7 Å². The lowest BCUT2D eigenvalue weighted by Gasteiger charge is -2.47. The molecule has 2 atom stereocenters. The van der Waals surface area contributed by atoms with Crippen molar-refractivity contribution in [2.45, 2.75) is 24.9 Å². The van der Waals surface area contributed by atoms with Gasteiger partial charge in [0.2, 0.25) is 5.91 Å². The zero-order valence-electron chi connectivity index (χ0n) is 6.93. The molecule has 0 saturated carbocycles. The normalized spacial score (nSPS) is 31.9. The molecule has 0 spiro atoms. The summed E-state index contributed by atoms with van der Waals surface area (Å²) in [5.74, 6) is -1.33. The van der Waals surface area contributed by atoms with E-state index in [-0.39, 0.29) is 17.6 Å². The smallest absolute Gasteiger partial charge is 0.352 e. The number of fused-ring (bicyclic) bond motifs is 1. The molecule has 5 heteroatoms. The summed E-state index contributed by atoms with van der Waals surface area (Å²) >= 11 is 0. The molecule has 1 amide bonds. The van der Waals surface area contributed by atoms with Gasteiger partial charge in [0.15, 0.2) is 0 Å². The van der Waals surface area contributed by atoms with Crippen LogP contribution >= 0.6 is 0 Å². The van der Waals surface area contributed by atoms with Gasteiger partial charge in [0.25, 0.3) is 0 Å². The lowest BCUT2D eigenvalue weighted by molar-refractivity contribution is -0.152. The number of carbonyl (C=O) groups is 2. The van der Waals surface area contributed by atoms with E-state index < -0.39 is 12.0 Å². The van der Waals surface area contributed by atoms with Gasteiger partial charge in [-0.15, -0.1) is 0 Å². The zero-order valence-corrected chi connectivity index (χ0v) is 6.93. The first kappa shape index (κ1) is 8.25. The van der Waals surface area contributed by atoms with E-state index in [0.717, 1.165) is 6.42 Å². The summed E-state index contributed by atoms with van der Waals surface area (Å²) in [6.45, 7) is 0. The topological polar surface area (TPSA) is 83.6 Å². The molecule has 2 rings (SSSR count). The van der Waals surface area contributed by atoms with Crippen LogP contribution in [0.2, 0.25) is 0 Å². The Bertz CT molecular complexity index is 311. The minimum Gasteiger partial charge on any atom is -0.477 e. The summed E-state index contributed by atoms with van der Waals surface area (Å²) in [5.41, 5.74) is 5.61. The van der Waals surface area contributed by atoms with E-state index in [1.165, 1.54) is 4.90 Å². The van der Waals surface area contributed by atoms with Crippen molar-refractivity contribution in [1.82, 2.24) is 4.90 Å². The van der Waals surface area contributed by atoms with Gasteiger partial charge in [-0.3, -0.25) is 9.69 Å². The Kier molecular flexibility index (Phi) is 1.63. The minimum atomic E-state index is -1.05. The number of nitrogens with two attached hydrogens (primary N) is 1. The van der Waals surface area contributed by atoms with E-state index in [1.54, 1.807) is 6.08 Å². The Morgan fingerprint density at radius 2 is 2.38 bits per heavy atom. The average Bonchev–Trinajstić information content (AvgIpc) is 2.15. The van der Waals surface area contributed by atoms with Gasteiger partial charge in [0.05, 0.1) is 6.04 Å². The Labute approximate surface area is 74.8 Å². The number of carboxylic acids is 1. The number of carboxylic acid groups (broad SMARTS) is 1. The zero-order chi connectivity index (χ0) is 9.59. The Balaban J connectivity index is 2.27. The van der Waals surface area contributed by atoms with Crippen LogP contribution in [0.3, 0.4) is 0 Å². The Hall–Kier alpha value is -1.36. The first-order chi connectivity index (χ1) is 6.13. The van der Waals surface area contributed by atoms with Crippen molar-refractivity contribution in [3.05, 3.63) is 11.8 Å². The monoisotopic (exact) mass is 182 g/mol. The largest absolute Gasteiger partial charge is 0.477 e. The number of nitrogens with zero attached hydrogens (tertiary/aromatic N) is 1. The van der Waals surface area contributed by atoms with Gasteiger partial charge in [-0.05, 0) is 12.8 Å². The van der Waals surface area contributed by atoms with Crippen LogP contribution in [-0.4, -0.2) is 34.0 Å². The number of hydrogen-bond acceptors (Lipinski definition) is 3. The molecule has 70 valence electrons. The second-order valence-corrected chi connectivity index (χ2v) is 3.27. The summed E-state index contributed by atoms with van der Waals surface area (Å²) in [6, 6.07) is -0.591. The summed E-state index contributed by atoms with van der Waals surface area (Å²) < 4.78 is 0. The first-order valence-corrected chi connectivity index (χ1v) is 4.15. The number of carbonyl (C=O) groups excluding carboxylic acids is 1. The summed E-state index contributed by atoms with van der Waals surface area (Å²) in [6.07, 6.45) is 3.02. The fourth-order valence-electron chi connectivity index (χ4n) is 1.85. The highest BCUT2D eigenvalue weighted by atomic mass is 16.4. The van der Waals surface area contributed by atoms with Crippen LogP contribution in [0.5, 0.6) is 0 Å². The van der Waals surface area contributed by atoms with Gasteiger partial charge < -0.3 is 10.8 Å². The molecule has 13 heavy (non-hydrogen) atoms. The second kappa shape index (κ2) is 2.56. The maximum absolute atomic E-state index is 11.2. The van der Waals surface area contributed by atoms with Crippen molar-refractivity contribution in [3.8, 4) is 0 Å². The molecule has 0 unspecified atom stereocenters. The van der Waals surface area contributed by atoms with Crippen molar-refractivity contribution in [2.24, 2.45) is 5.73 Å². The standard InChI is InChI=1S/C8H10N2O3/c9-6-4-2-1-3-5(8(12)13)10(4)7(6)11/h3-4,6H,1-2,9H2,(H,12,13)/t4-,6-/m1/s1. The SMILES string of the molecule is N[C@H]1C(=O)N2C(C(=O)O)=CCC[C@H]12. The molecule has 5 nitrogen and oxygen atoms in total. The quantitative estimate of drug-likeness (QED) is 0.524. The van der Waals surface area contributed by atoms with Crippen LogP contribution in [0.15, 0.2) is 11.8 Å². The lowest BCUT2D eigenvalue weighted by atomic mass is 9.87. The maximum Gasteiger partial charge on any atom is 0.352 e. The second-order valence-electron chi connectivity index (χ2n) is 3.27. The summed E-state index contributed by atoms with van der Waals surface area (Å²) in [5, 5.41) is 8.76. The third-order valence-corrected chi connectivity index (χ3v) is 2.55. The first-order valence-electron chi connectivity index (χ1n) is 4.15. The highest BCUT2D eigenvalue weighted by Gasteiger charge is 2.49. The van der Waals surface area contributed by atoms with Crippen molar-refractivity contribution in [3.63, 3.8) is 0 Å².